The number of halogens is 3. The highest BCUT2D eigenvalue weighted by Gasteiger charge is 2.35. The average Bonchev–Trinajstić information content (AvgIpc) is 3.03. The summed E-state index contributed by atoms with van der Waals surface area (Å²) >= 11 is 16.3. The fourth-order valence-electron chi connectivity index (χ4n) is 4.79. The third kappa shape index (κ3) is 9.35. The van der Waals surface area contributed by atoms with Crippen molar-refractivity contribution >= 4 is 66.7 Å². The smallest absolute Gasteiger partial charge is 0.264 e. The lowest BCUT2D eigenvalue weighted by atomic mass is 10.0. The van der Waals surface area contributed by atoms with Crippen LogP contribution in [0.15, 0.2) is 106 Å². The van der Waals surface area contributed by atoms with Crippen LogP contribution in [0.25, 0.3) is 0 Å². The number of nitrogens with zero attached hydrogens (tertiary/aromatic N) is 2. The summed E-state index contributed by atoms with van der Waals surface area (Å²) in [5, 5.41) is 3.33. The summed E-state index contributed by atoms with van der Waals surface area (Å²) in [4.78, 5) is 29.8. The first-order valence-electron chi connectivity index (χ1n) is 14.7. The zero-order chi connectivity index (χ0) is 33.4. The SMILES string of the molecule is Cc1ccc(S(=O)(=O)N(CC(=O)N(Cc2ccc(Br)cc2)C(Cc2ccccc2)C(=O)NCC(C)C)c2cc(Cl)ccc2Cl)cc1. The van der Waals surface area contributed by atoms with Crippen LogP contribution in [0.2, 0.25) is 10.0 Å². The molecule has 242 valence electrons. The number of amides is 2. The molecule has 4 rings (SSSR count). The quantitative estimate of drug-likeness (QED) is 0.152. The molecule has 1 atom stereocenters. The van der Waals surface area contributed by atoms with Gasteiger partial charge in [-0.3, -0.25) is 13.9 Å². The van der Waals surface area contributed by atoms with Gasteiger partial charge in [0.25, 0.3) is 10.0 Å². The molecular weight excluding hydrogens is 709 g/mol. The third-order valence-electron chi connectivity index (χ3n) is 7.29. The van der Waals surface area contributed by atoms with Crippen LogP contribution in [0, 0.1) is 12.8 Å². The Morgan fingerprint density at radius 1 is 0.870 bits per heavy atom. The van der Waals surface area contributed by atoms with Crippen LogP contribution in [0.3, 0.4) is 0 Å². The van der Waals surface area contributed by atoms with Crippen molar-refractivity contribution in [2.24, 2.45) is 5.92 Å². The van der Waals surface area contributed by atoms with E-state index in [1.807, 2.05) is 75.4 Å². The van der Waals surface area contributed by atoms with E-state index >= 15 is 0 Å². The second kappa shape index (κ2) is 16.0. The predicted molar refractivity (Wildman–Crippen MR) is 189 cm³/mol. The van der Waals surface area contributed by atoms with E-state index in [1.54, 1.807) is 18.2 Å². The molecule has 0 saturated carbocycles. The van der Waals surface area contributed by atoms with Gasteiger partial charge < -0.3 is 10.2 Å². The number of rotatable bonds is 13. The molecule has 0 bridgehead atoms. The van der Waals surface area contributed by atoms with Crippen molar-refractivity contribution in [3.05, 3.63) is 128 Å². The van der Waals surface area contributed by atoms with E-state index in [0.717, 1.165) is 25.5 Å². The Kier molecular flexibility index (Phi) is 12.3. The summed E-state index contributed by atoms with van der Waals surface area (Å²) in [5.41, 5.74) is 2.54. The van der Waals surface area contributed by atoms with Gasteiger partial charge in [-0.2, -0.15) is 0 Å². The predicted octanol–water partition coefficient (Wildman–Crippen LogP) is 7.67. The fourth-order valence-corrected chi connectivity index (χ4v) is 6.92. The molecule has 0 aliphatic rings. The van der Waals surface area contributed by atoms with Crippen LogP contribution in [0.4, 0.5) is 5.69 Å². The monoisotopic (exact) mass is 743 g/mol. The molecule has 4 aromatic rings. The minimum absolute atomic E-state index is 0.0167. The first-order chi connectivity index (χ1) is 21.8. The Balaban J connectivity index is 1.82. The van der Waals surface area contributed by atoms with E-state index in [0.29, 0.717) is 6.54 Å². The van der Waals surface area contributed by atoms with Gasteiger partial charge in [-0.05, 0) is 66.4 Å². The largest absolute Gasteiger partial charge is 0.354 e. The van der Waals surface area contributed by atoms with Crippen molar-refractivity contribution in [3.63, 3.8) is 0 Å². The van der Waals surface area contributed by atoms with Gasteiger partial charge in [-0.15, -0.1) is 0 Å². The lowest BCUT2D eigenvalue weighted by Crippen LogP contribution is -2.53. The minimum Gasteiger partial charge on any atom is -0.354 e. The van der Waals surface area contributed by atoms with E-state index in [4.69, 9.17) is 23.2 Å². The molecule has 0 spiro atoms. The summed E-state index contributed by atoms with van der Waals surface area (Å²) in [5.74, 6) is -0.746. The molecule has 7 nitrogen and oxygen atoms in total. The van der Waals surface area contributed by atoms with Crippen molar-refractivity contribution in [2.75, 3.05) is 17.4 Å². The van der Waals surface area contributed by atoms with Gasteiger partial charge in [-0.1, -0.05) is 113 Å². The Morgan fingerprint density at radius 2 is 1.52 bits per heavy atom. The first kappa shape index (κ1) is 35.5. The van der Waals surface area contributed by atoms with Crippen LogP contribution < -0.4 is 9.62 Å². The number of anilines is 1. The second-order valence-electron chi connectivity index (χ2n) is 11.4. The van der Waals surface area contributed by atoms with E-state index < -0.39 is 28.5 Å². The molecule has 4 aromatic carbocycles. The summed E-state index contributed by atoms with van der Waals surface area (Å²) in [6.07, 6.45) is 0.218. The summed E-state index contributed by atoms with van der Waals surface area (Å²) < 4.78 is 30.2. The van der Waals surface area contributed by atoms with Gasteiger partial charge in [0.2, 0.25) is 11.8 Å². The molecule has 0 saturated heterocycles. The van der Waals surface area contributed by atoms with Crippen molar-refractivity contribution in [3.8, 4) is 0 Å². The maximum Gasteiger partial charge on any atom is 0.264 e. The molecule has 2 amide bonds. The third-order valence-corrected chi connectivity index (χ3v) is 10.1. The summed E-state index contributed by atoms with van der Waals surface area (Å²) in [6.45, 7) is 5.66. The van der Waals surface area contributed by atoms with E-state index in [-0.39, 0.29) is 45.4 Å². The lowest BCUT2D eigenvalue weighted by Gasteiger charge is -2.34. The van der Waals surface area contributed by atoms with Crippen molar-refractivity contribution in [1.29, 1.82) is 0 Å². The standard InChI is InChI=1S/C35H36BrCl2N3O4S/c1-24(2)21-39-35(43)33(19-26-7-5-4-6-8-26)40(22-27-11-13-28(36)14-12-27)34(42)23-41(32-20-29(37)15-18-31(32)38)46(44,45)30-16-9-25(3)10-17-30/h4-18,20,24,33H,19,21-23H2,1-3H3,(H,39,43). The number of hydrogen-bond acceptors (Lipinski definition) is 4. The maximum absolute atomic E-state index is 14.6. The van der Waals surface area contributed by atoms with Crippen molar-refractivity contribution < 1.29 is 18.0 Å². The normalized spacial score (nSPS) is 12.1. The molecule has 0 aliphatic heterocycles. The van der Waals surface area contributed by atoms with Gasteiger partial charge >= 0.3 is 0 Å². The lowest BCUT2D eigenvalue weighted by molar-refractivity contribution is -0.140. The van der Waals surface area contributed by atoms with Crippen LogP contribution in [0.1, 0.15) is 30.5 Å². The molecule has 11 heteroatoms. The molecule has 46 heavy (non-hydrogen) atoms. The molecule has 1 N–H and O–H groups in total. The Labute approximate surface area is 289 Å². The number of carbonyl (C=O) groups excluding carboxylic acids is 2. The topological polar surface area (TPSA) is 86.8 Å². The number of carbonyl (C=O) groups is 2. The minimum atomic E-state index is -4.31. The number of sulfonamides is 1. The second-order valence-corrected chi connectivity index (χ2v) is 15.0. The van der Waals surface area contributed by atoms with Crippen molar-refractivity contribution in [1.82, 2.24) is 10.2 Å². The average molecular weight is 746 g/mol. The summed E-state index contributed by atoms with van der Waals surface area (Å²) in [7, 11) is -4.31. The van der Waals surface area contributed by atoms with Gasteiger partial charge in [-0.25, -0.2) is 8.42 Å². The number of benzene rings is 4. The Hall–Kier alpha value is -3.37. The Bertz CT molecular complexity index is 1750. The number of aryl methyl sites for hydroxylation is 1. The van der Waals surface area contributed by atoms with E-state index in [1.165, 1.54) is 29.2 Å². The van der Waals surface area contributed by atoms with Gasteiger partial charge in [0, 0.05) is 29.0 Å². The maximum atomic E-state index is 14.6. The fraction of sp³-hybridized carbons (Fsp3) is 0.257. The van der Waals surface area contributed by atoms with Crippen LogP contribution in [-0.4, -0.2) is 44.3 Å². The van der Waals surface area contributed by atoms with Crippen molar-refractivity contribution in [2.45, 2.75) is 44.7 Å². The molecule has 0 fully saturated rings. The highest BCUT2D eigenvalue weighted by molar-refractivity contribution is 9.10. The highest BCUT2D eigenvalue weighted by Crippen LogP contribution is 2.33. The number of nitrogens with one attached hydrogen (secondary N) is 1. The molecule has 0 radical (unpaired) electrons. The van der Waals surface area contributed by atoms with E-state index in [2.05, 4.69) is 21.2 Å². The molecule has 0 aromatic heterocycles. The van der Waals surface area contributed by atoms with Crippen LogP contribution in [-0.2, 0) is 32.6 Å². The summed E-state index contributed by atoms with van der Waals surface area (Å²) in [6, 6.07) is 26.6. The molecule has 1 unspecified atom stereocenters. The van der Waals surface area contributed by atoms with E-state index in [9.17, 15) is 18.0 Å². The molecule has 0 heterocycles. The van der Waals surface area contributed by atoms with Gasteiger partial charge in [0.05, 0.1) is 15.6 Å². The molecule has 0 aliphatic carbocycles. The molecular formula is C35H36BrCl2N3O4S. The van der Waals surface area contributed by atoms with Crippen LogP contribution in [0.5, 0.6) is 0 Å². The zero-order valence-electron chi connectivity index (χ0n) is 25.8. The Morgan fingerprint density at radius 3 is 2.15 bits per heavy atom. The highest BCUT2D eigenvalue weighted by atomic mass is 79.9. The first-order valence-corrected chi connectivity index (χ1v) is 17.7. The van der Waals surface area contributed by atoms with Crippen LogP contribution >= 0.6 is 39.1 Å². The van der Waals surface area contributed by atoms with Gasteiger partial charge in [0.15, 0.2) is 0 Å². The zero-order valence-corrected chi connectivity index (χ0v) is 29.7. The number of hydrogen-bond donors (Lipinski definition) is 1. The van der Waals surface area contributed by atoms with Gasteiger partial charge in [0.1, 0.15) is 12.6 Å².